The van der Waals surface area contributed by atoms with Crippen molar-refractivity contribution in [3.63, 3.8) is 0 Å². The third-order valence-corrected chi connectivity index (χ3v) is 3.36. The van der Waals surface area contributed by atoms with E-state index in [1.807, 2.05) is 36.7 Å². The number of hydrogen-bond donors (Lipinski definition) is 1. The van der Waals surface area contributed by atoms with E-state index >= 15 is 0 Å². The van der Waals surface area contributed by atoms with Gasteiger partial charge in [0.15, 0.2) is 11.5 Å². The van der Waals surface area contributed by atoms with Gasteiger partial charge >= 0.3 is 5.97 Å². The van der Waals surface area contributed by atoms with Crippen LogP contribution in [-0.4, -0.2) is 20.8 Å². The van der Waals surface area contributed by atoms with E-state index in [1.165, 1.54) is 6.07 Å². The summed E-state index contributed by atoms with van der Waals surface area (Å²) in [6, 6.07) is 9.02. The Labute approximate surface area is 131 Å². The second kappa shape index (κ2) is 5.46. The summed E-state index contributed by atoms with van der Waals surface area (Å²) in [6.07, 6.45) is 3.71. The van der Waals surface area contributed by atoms with Crippen molar-refractivity contribution in [3.05, 3.63) is 47.3 Å². The van der Waals surface area contributed by atoms with Gasteiger partial charge in [-0.15, -0.1) is 0 Å². The number of carboxylic acids is 1. The first kappa shape index (κ1) is 14.6. The molecule has 1 N–H and O–H groups in total. The number of carbonyl (C=O) groups is 1. The fourth-order valence-corrected chi connectivity index (χ4v) is 2.39. The van der Waals surface area contributed by atoms with Crippen LogP contribution in [0.4, 0.5) is 0 Å². The summed E-state index contributed by atoms with van der Waals surface area (Å²) in [6.45, 7) is 3.96. The van der Waals surface area contributed by atoms with E-state index in [-0.39, 0.29) is 5.69 Å². The van der Waals surface area contributed by atoms with Gasteiger partial charge in [-0.3, -0.25) is 0 Å². The predicted molar refractivity (Wildman–Crippen MR) is 84.7 cm³/mol. The number of benzene rings is 1. The topological polar surface area (TPSA) is 92.0 Å². The maximum Gasteiger partial charge on any atom is 0.358 e. The molecule has 6 nitrogen and oxygen atoms in total. The van der Waals surface area contributed by atoms with Crippen LogP contribution >= 0.6 is 0 Å². The molecule has 0 spiro atoms. The van der Waals surface area contributed by atoms with Crippen LogP contribution in [0.15, 0.2) is 40.6 Å². The lowest BCUT2D eigenvalue weighted by Gasteiger charge is -2.01. The second-order valence-electron chi connectivity index (χ2n) is 5.38. The summed E-state index contributed by atoms with van der Waals surface area (Å²) in [5, 5.41) is 22.5. The Bertz CT molecular complexity index is 982. The van der Waals surface area contributed by atoms with Crippen molar-refractivity contribution in [1.82, 2.24) is 9.72 Å². The number of hydrogen-bond acceptors (Lipinski definition) is 4. The molecule has 0 aliphatic carbocycles. The zero-order valence-electron chi connectivity index (χ0n) is 12.6. The highest BCUT2D eigenvalue weighted by Gasteiger charge is 2.14. The maximum absolute atomic E-state index is 10.9. The highest BCUT2D eigenvalue weighted by Crippen LogP contribution is 2.28. The van der Waals surface area contributed by atoms with E-state index in [4.69, 9.17) is 9.63 Å². The van der Waals surface area contributed by atoms with Crippen LogP contribution in [0.2, 0.25) is 0 Å². The lowest BCUT2D eigenvalue weighted by molar-refractivity contribution is 0.0686. The zero-order valence-corrected chi connectivity index (χ0v) is 12.6. The van der Waals surface area contributed by atoms with Crippen LogP contribution in [-0.2, 0) is 0 Å². The second-order valence-corrected chi connectivity index (χ2v) is 5.38. The number of aromatic carboxylic acids is 1. The molecule has 6 heteroatoms. The lowest BCUT2D eigenvalue weighted by atomic mass is 10.1. The van der Waals surface area contributed by atoms with Crippen molar-refractivity contribution in [2.75, 3.05) is 0 Å². The van der Waals surface area contributed by atoms with Crippen LogP contribution in [0, 0.1) is 11.3 Å². The number of nitriles is 1. The highest BCUT2D eigenvalue weighted by molar-refractivity contribution is 5.92. The summed E-state index contributed by atoms with van der Waals surface area (Å²) in [5.74, 6) is -0.795. The summed E-state index contributed by atoms with van der Waals surface area (Å²) in [5.41, 5.74) is 3.06. The molecule has 0 aliphatic heterocycles. The van der Waals surface area contributed by atoms with E-state index in [0.717, 1.165) is 16.5 Å². The van der Waals surface area contributed by atoms with Crippen molar-refractivity contribution in [2.45, 2.75) is 13.8 Å². The van der Waals surface area contributed by atoms with Crippen LogP contribution in [0.25, 0.3) is 28.4 Å². The summed E-state index contributed by atoms with van der Waals surface area (Å²) < 4.78 is 6.97. The molecule has 114 valence electrons. The molecule has 0 unspecified atom stereocenters. The quantitative estimate of drug-likeness (QED) is 0.795. The minimum atomic E-state index is -1.14. The van der Waals surface area contributed by atoms with Gasteiger partial charge in [0.05, 0.1) is 11.1 Å². The van der Waals surface area contributed by atoms with E-state index < -0.39 is 5.97 Å². The smallest absolute Gasteiger partial charge is 0.358 e. The van der Waals surface area contributed by atoms with Crippen LogP contribution in [0.1, 0.15) is 29.9 Å². The van der Waals surface area contributed by atoms with Crippen molar-refractivity contribution >= 4 is 23.1 Å². The Hall–Kier alpha value is -3.33. The number of fused-ring (bicyclic) bond motifs is 1. The summed E-state index contributed by atoms with van der Waals surface area (Å²) in [4.78, 5) is 10.9. The molecular weight excluding hydrogens is 294 g/mol. The van der Waals surface area contributed by atoms with Gasteiger partial charge in [-0.05, 0) is 32.0 Å². The van der Waals surface area contributed by atoms with Gasteiger partial charge in [-0.1, -0.05) is 10.7 Å². The molecule has 0 bridgehead atoms. The number of carboxylic acid groups (broad SMARTS) is 1. The van der Waals surface area contributed by atoms with Crippen molar-refractivity contribution < 1.29 is 14.4 Å². The molecule has 0 atom stereocenters. The largest absolute Gasteiger partial charge is 0.476 e. The molecule has 1 aromatic carbocycles. The first-order valence-electron chi connectivity index (χ1n) is 6.89. The number of nitrogens with zero attached hydrogens (tertiary/aromatic N) is 3. The maximum atomic E-state index is 10.9. The summed E-state index contributed by atoms with van der Waals surface area (Å²) in [7, 11) is 0. The molecule has 0 amide bonds. The Balaban J connectivity index is 2.16. The molecule has 23 heavy (non-hydrogen) atoms. The molecular formula is C17H13N3O3. The Kier molecular flexibility index (Phi) is 3.47. The average Bonchev–Trinajstić information content (AvgIpc) is 3.11. The Morgan fingerprint density at radius 1 is 1.39 bits per heavy atom. The van der Waals surface area contributed by atoms with Gasteiger partial charge in [0, 0.05) is 29.4 Å². The summed E-state index contributed by atoms with van der Waals surface area (Å²) >= 11 is 0. The molecule has 0 aliphatic rings. The van der Waals surface area contributed by atoms with Crippen LogP contribution in [0.5, 0.6) is 0 Å². The monoisotopic (exact) mass is 307 g/mol. The predicted octanol–water partition coefficient (Wildman–Crippen LogP) is 3.75. The SMILES string of the molecule is CC(C)=Cn1cc(C#N)c2cc(-c3cc(C(=O)O)no3)ccc21. The van der Waals surface area contributed by atoms with Gasteiger partial charge in [0.1, 0.15) is 6.07 Å². The third kappa shape index (κ3) is 2.60. The van der Waals surface area contributed by atoms with Gasteiger partial charge in [-0.2, -0.15) is 5.26 Å². The lowest BCUT2D eigenvalue weighted by Crippen LogP contribution is -1.94. The molecule has 2 aromatic heterocycles. The fraction of sp³-hybridized carbons (Fsp3) is 0.118. The van der Waals surface area contributed by atoms with Gasteiger partial charge in [0.2, 0.25) is 0 Å². The Morgan fingerprint density at radius 3 is 2.78 bits per heavy atom. The number of rotatable bonds is 3. The van der Waals surface area contributed by atoms with E-state index in [1.54, 1.807) is 12.3 Å². The zero-order chi connectivity index (χ0) is 16.6. The van der Waals surface area contributed by atoms with E-state index in [2.05, 4.69) is 11.2 Å². The molecule has 0 radical (unpaired) electrons. The van der Waals surface area contributed by atoms with Crippen molar-refractivity contribution in [1.29, 1.82) is 5.26 Å². The number of aromatic nitrogens is 2. The van der Waals surface area contributed by atoms with Gasteiger partial charge in [0.25, 0.3) is 0 Å². The molecule has 0 saturated heterocycles. The molecule has 3 aromatic rings. The fourth-order valence-electron chi connectivity index (χ4n) is 2.39. The number of allylic oxidation sites excluding steroid dienone is 1. The van der Waals surface area contributed by atoms with Crippen molar-refractivity contribution in [2.24, 2.45) is 0 Å². The molecule has 2 heterocycles. The van der Waals surface area contributed by atoms with E-state index in [0.29, 0.717) is 16.9 Å². The minimum absolute atomic E-state index is 0.150. The molecule has 0 saturated carbocycles. The first-order valence-corrected chi connectivity index (χ1v) is 6.89. The third-order valence-electron chi connectivity index (χ3n) is 3.36. The van der Waals surface area contributed by atoms with Gasteiger partial charge < -0.3 is 14.2 Å². The highest BCUT2D eigenvalue weighted by atomic mass is 16.5. The molecule has 0 fully saturated rings. The normalized spacial score (nSPS) is 10.5. The van der Waals surface area contributed by atoms with Gasteiger partial charge in [-0.25, -0.2) is 4.79 Å². The Morgan fingerprint density at radius 2 is 2.17 bits per heavy atom. The van der Waals surface area contributed by atoms with Crippen LogP contribution in [0.3, 0.4) is 0 Å². The standard InChI is InChI=1S/C17H13N3O3/c1-10(2)8-20-9-12(7-18)13-5-11(3-4-15(13)20)16-6-14(17(21)22)19-23-16/h3-6,8-9H,1-2H3,(H,21,22). The van der Waals surface area contributed by atoms with Crippen molar-refractivity contribution in [3.8, 4) is 17.4 Å². The molecule has 3 rings (SSSR count). The van der Waals surface area contributed by atoms with Crippen LogP contribution < -0.4 is 0 Å². The first-order chi connectivity index (χ1) is 11.0. The minimum Gasteiger partial charge on any atom is -0.476 e. The van der Waals surface area contributed by atoms with E-state index in [9.17, 15) is 10.1 Å². The average molecular weight is 307 g/mol.